The average Bonchev–Trinajstić information content (AvgIpc) is 2.26. The summed E-state index contributed by atoms with van der Waals surface area (Å²) in [6.45, 7) is 4.94. The Morgan fingerprint density at radius 1 is 1.41 bits per heavy atom. The Labute approximate surface area is 103 Å². The maximum atomic E-state index is 11.5. The van der Waals surface area contributed by atoms with E-state index in [9.17, 15) is 4.79 Å². The fraction of sp³-hybridized carbons (Fsp3) is 0.500. The van der Waals surface area contributed by atoms with Gasteiger partial charge in [0.2, 0.25) is 5.91 Å². The molecule has 3 N–H and O–H groups in total. The first-order chi connectivity index (χ1) is 8.08. The number of aryl methyl sites for hydroxylation is 1. The largest absolute Gasteiger partial charge is 0.399 e. The summed E-state index contributed by atoms with van der Waals surface area (Å²) in [5, 5.41) is 2.92. The lowest BCUT2D eigenvalue weighted by Gasteiger charge is -2.07. The average molecular weight is 234 g/mol. The third kappa shape index (κ3) is 5.95. The van der Waals surface area contributed by atoms with Gasteiger partial charge in [0.15, 0.2) is 0 Å². The molecule has 94 valence electrons. The molecule has 0 aliphatic carbocycles. The fourth-order valence-corrected chi connectivity index (χ4v) is 1.61. The van der Waals surface area contributed by atoms with E-state index < -0.39 is 0 Å². The van der Waals surface area contributed by atoms with Gasteiger partial charge in [-0.2, -0.15) is 0 Å². The van der Waals surface area contributed by atoms with Crippen LogP contribution >= 0.6 is 0 Å². The van der Waals surface area contributed by atoms with Gasteiger partial charge in [0.25, 0.3) is 0 Å². The third-order valence-electron chi connectivity index (χ3n) is 2.53. The van der Waals surface area contributed by atoms with Crippen LogP contribution in [0.3, 0.4) is 0 Å². The number of amides is 1. The van der Waals surface area contributed by atoms with E-state index in [0.717, 1.165) is 25.1 Å². The zero-order valence-corrected chi connectivity index (χ0v) is 10.7. The predicted molar refractivity (Wildman–Crippen MR) is 71.6 cm³/mol. The third-order valence-corrected chi connectivity index (χ3v) is 2.53. The van der Waals surface area contributed by atoms with E-state index >= 15 is 0 Å². The molecule has 0 aromatic heterocycles. The smallest absolute Gasteiger partial charge is 0.220 e. The van der Waals surface area contributed by atoms with E-state index in [1.54, 1.807) is 0 Å². The molecular formula is C14H22N2O. The number of hydrogen-bond acceptors (Lipinski definition) is 2. The Balaban J connectivity index is 2.21. The van der Waals surface area contributed by atoms with E-state index in [1.807, 2.05) is 24.3 Å². The number of anilines is 1. The minimum absolute atomic E-state index is 0.141. The topological polar surface area (TPSA) is 55.1 Å². The Kier molecular flexibility index (Phi) is 5.53. The summed E-state index contributed by atoms with van der Waals surface area (Å²) in [7, 11) is 0. The van der Waals surface area contributed by atoms with Gasteiger partial charge in [0.1, 0.15) is 0 Å². The number of benzene rings is 1. The summed E-state index contributed by atoms with van der Waals surface area (Å²) in [6, 6.07) is 7.83. The van der Waals surface area contributed by atoms with E-state index in [1.165, 1.54) is 5.56 Å². The first-order valence-corrected chi connectivity index (χ1v) is 6.19. The molecule has 0 atom stereocenters. The van der Waals surface area contributed by atoms with Crippen LogP contribution in [0.2, 0.25) is 0 Å². The van der Waals surface area contributed by atoms with Crippen molar-refractivity contribution < 1.29 is 4.79 Å². The summed E-state index contributed by atoms with van der Waals surface area (Å²) in [5.41, 5.74) is 7.67. The highest BCUT2D eigenvalue weighted by molar-refractivity contribution is 5.75. The standard InChI is InChI=1S/C14H22N2O/c1-11(2)10-16-14(17)8-4-6-12-5-3-7-13(15)9-12/h3,5,7,9,11H,4,6,8,10,15H2,1-2H3,(H,16,17). The van der Waals surface area contributed by atoms with Crippen LogP contribution in [-0.2, 0) is 11.2 Å². The van der Waals surface area contributed by atoms with Gasteiger partial charge in [-0.1, -0.05) is 26.0 Å². The molecule has 0 saturated carbocycles. The van der Waals surface area contributed by atoms with Crippen LogP contribution in [0.4, 0.5) is 5.69 Å². The van der Waals surface area contributed by atoms with Crippen molar-refractivity contribution in [2.24, 2.45) is 5.92 Å². The van der Waals surface area contributed by atoms with Crippen LogP contribution in [0.15, 0.2) is 24.3 Å². The van der Waals surface area contributed by atoms with E-state index in [0.29, 0.717) is 12.3 Å². The first-order valence-electron chi connectivity index (χ1n) is 6.19. The number of rotatable bonds is 6. The number of hydrogen-bond donors (Lipinski definition) is 2. The molecule has 0 aliphatic rings. The highest BCUT2D eigenvalue weighted by atomic mass is 16.1. The molecule has 0 bridgehead atoms. The second kappa shape index (κ2) is 6.94. The lowest BCUT2D eigenvalue weighted by atomic mass is 10.1. The second-order valence-electron chi connectivity index (χ2n) is 4.80. The summed E-state index contributed by atoms with van der Waals surface area (Å²) < 4.78 is 0. The minimum atomic E-state index is 0.141. The van der Waals surface area contributed by atoms with Crippen molar-refractivity contribution in [1.29, 1.82) is 0 Å². The van der Waals surface area contributed by atoms with Crippen LogP contribution in [0, 0.1) is 5.92 Å². The zero-order chi connectivity index (χ0) is 12.7. The number of nitrogens with two attached hydrogens (primary N) is 1. The van der Waals surface area contributed by atoms with Crippen LogP contribution < -0.4 is 11.1 Å². The normalized spacial score (nSPS) is 10.5. The van der Waals surface area contributed by atoms with Crippen molar-refractivity contribution in [3.05, 3.63) is 29.8 Å². The molecule has 1 aromatic rings. The van der Waals surface area contributed by atoms with Crippen LogP contribution in [0.25, 0.3) is 0 Å². The molecule has 17 heavy (non-hydrogen) atoms. The number of nitrogen functional groups attached to an aromatic ring is 1. The Morgan fingerprint density at radius 3 is 2.82 bits per heavy atom. The van der Waals surface area contributed by atoms with Crippen molar-refractivity contribution in [2.75, 3.05) is 12.3 Å². The van der Waals surface area contributed by atoms with E-state index in [-0.39, 0.29) is 5.91 Å². The molecule has 3 nitrogen and oxygen atoms in total. The Bertz CT molecular complexity index is 361. The van der Waals surface area contributed by atoms with Gasteiger partial charge < -0.3 is 11.1 Å². The van der Waals surface area contributed by atoms with Gasteiger partial charge in [-0.15, -0.1) is 0 Å². The minimum Gasteiger partial charge on any atom is -0.399 e. The molecule has 1 amide bonds. The molecule has 3 heteroatoms. The van der Waals surface area contributed by atoms with Gasteiger partial charge in [-0.25, -0.2) is 0 Å². The molecule has 1 aromatic carbocycles. The van der Waals surface area contributed by atoms with E-state index in [4.69, 9.17) is 5.73 Å². The zero-order valence-electron chi connectivity index (χ0n) is 10.7. The number of carbonyl (C=O) groups is 1. The van der Waals surface area contributed by atoms with Gasteiger partial charge in [-0.3, -0.25) is 4.79 Å². The molecule has 0 heterocycles. The summed E-state index contributed by atoms with van der Waals surface area (Å²) in [5.74, 6) is 0.649. The van der Waals surface area contributed by atoms with Crippen molar-refractivity contribution in [3.8, 4) is 0 Å². The first kappa shape index (κ1) is 13.6. The maximum absolute atomic E-state index is 11.5. The molecule has 1 rings (SSSR count). The highest BCUT2D eigenvalue weighted by Gasteiger charge is 2.02. The quantitative estimate of drug-likeness (QED) is 0.742. The summed E-state index contributed by atoms with van der Waals surface area (Å²) in [4.78, 5) is 11.5. The maximum Gasteiger partial charge on any atom is 0.220 e. The lowest BCUT2D eigenvalue weighted by Crippen LogP contribution is -2.27. The molecule has 0 radical (unpaired) electrons. The van der Waals surface area contributed by atoms with Gasteiger partial charge >= 0.3 is 0 Å². The van der Waals surface area contributed by atoms with Crippen molar-refractivity contribution in [3.63, 3.8) is 0 Å². The van der Waals surface area contributed by atoms with Crippen LogP contribution in [0.5, 0.6) is 0 Å². The van der Waals surface area contributed by atoms with Crippen LogP contribution in [-0.4, -0.2) is 12.5 Å². The van der Waals surface area contributed by atoms with Gasteiger partial charge in [0, 0.05) is 18.7 Å². The Morgan fingerprint density at radius 2 is 2.18 bits per heavy atom. The van der Waals surface area contributed by atoms with E-state index in [2.05, 4.69) is 19.2 Å². The number of carbonyl (C=O) groups excluding carboxylic acids is 1. The predicted octanol–water partition coefficient (Wildman–Crippen LogP) is 2.36. The molecule has 0 saturated heterocycles. The monoisotopic (exact) mass is 234 g/mol. The molecular weight excluding hydrogens is 212 g/mol. The van der Waals surface area contributed by atoms with Gasteiger partial charge in [-0.05, 0) is 36.5 Å². The molecule has 0 unspecified atom stereocenters. The molecule has 0 fully saturated rings. The van der Waals surface area contributed by atoms with Gasteiger partial charge in [0.05, 0.1) is 0 Å². The summed E-state index contributed by atoms with van der Waals surface area (Å²) >= 11 is 0. The van der Waals surface area contributed by atoms with Crippen molar-refractivity contribution >= 4 is 11.6 Å². The fourth-order valence-electron chi connectivity index (χ4n) is 1.61. The van der Waals surface area contributed by atoms with Crippen molar-refractivity contribution in [1.82, 2.24) is 5.32 Å². The number of nitrogens with one attached hydrogen (secondary N) is 1. The SMILES string of the molecule is CC(C)CNC(=O)CCCc1cccc(N)c1. The second-order valence-corrected chi connectivity index (χ2v) is 4.80. The van der Waals surface area contributed by atoms with Crippen LogP contribution in [0.1, 0.15) is 32.3 Å². The molecule has 0 aliphatic heterocycles. The Hall–Kier alpha value is -1.51. The summed E-state index contributed by atoms with van der Waals surface area (Å²) in [6.07, 6.45) is 2.36. The van der Waals surface area contributed by atoms with Crippen molar-refractivity contribution in [2.45, 2.75) is 33.1 Å². The highest BCUT2D eigenvalue weighted by Crippen LogP contribution is 2.09. The molecule has 0 spiro atoms. The lowest BCUT2D eigenvalue weighted by molar-refractivity contribution is -0.121.